The van der Waals surface area contributed by atoms with Crippen LogP contribution < -0.4 is 9.47 Å². The van der Waals surface area contributed by atoms with E-state index in [0.717, 1.165) is 26.9 Å². The van der Waals surface area contributed by atoms with Gasteiger partial charge in [0.2, 0.25) is 0 Å². The summed E-state index contributed by atoms with van der Waals surface area (Å²) in [7, 11) is 6.67. The third-order valence-corrected chi connectivity index (χ3v) is 8.29. The van der Waals surface area contributed by atoms with E-state index in [4.69, 9.17) is 19.7 Å². The van der Waals surface area contributed by atoms with E-state index in [1.165, 1.54) is 12.0 Å². The predicted octanol–water partition coefficient (Wildman–Crippen LogP) is 5.72. The lowest BCUT2D eigenvalue weighted by Gasteiger charge is -2.21. The maximum Gasteiger partial charge on any atom is 0.254 e. The SMILES string of the molecule is COc1cccc(C(=O)c2ccc(Br)cc2C(=O)N(C)CCO)c1.COc1cccc(C(O)c2ccc(Br)cc2CN(C)CCO)c1. The third-order valence-electron chi connectivity index (χ3n) is 7.30. The van der Waals surface area contributed by atoms with Gasteiger partial charge in [-0.2, -0.15) is 0 Å². The number of carbonyl (C=O) groups excluding carboxylic acids is 2. The number of hydrogen-bond donors (Lipinski definition) is 3. The minimum absolute atomic E-state index is 0.109. The largest absolute Gasteiger partial charge is 0.497 e. The fourth-order valence-corrected chi connectivity index (χ4v) is 5.55. The van der Waals surface area contributed by atoms with E-state index in [9.17, 15) is 14.7 Å². The van der Waals surface area contributed by atoms with Crippen LogP contribution in [0.15, 0.2) is 93.9 Å². The van der Waals surface area contributed by atoms with Crippen LogP contribution in [0.2, 0.25) is 0 Å². The number of benzene rings is 4. The first kappa shape index (κ1) is 37.9. The van der Waals surface area contributed by atoms with Crippen LogP contribution in [-0.4, -0.2) is 91.4 Å². The number of aliphatic hydroxyl groups excluding tert-OH is 3. The molecule has 11 heteroatoms. The molecule has 250 valence electrons. The highest BCUT2D eigenvalue weighted by Gasteiger charge is 2.22. The molecule has 0 saturated heterocycles. The summed E-state index contributed by atoms with van der Waals surface area (Å²) < 4.78 is 12.0. The zero-order valence-electron chi connectivity index (χ0n) is 26.8. The van der Waals surface area contributed by atoms with Crippen molar-refractivity contribution < 1.29 is 34.4 Å². The van der Waals surface area contributed by atoms with Gasteiger partial charge in [0.1, 0.15) is 17.6 Å². The monoisotopic (exact) mass is 770 g/mol. The van der Waals surface area contributed by atoms with Gasteiger partial charge in [-0.3, -0.25) is 14.5 Å². The number of carbonyl (C=O) groups is 2. The van der Waals surface area contributed by atoms with Crippen molar-refractivity contribution in [2.24, 2.45) is 0 Å². The van der Waals surface area contributed by atoms with Gasteiger partial charge in [0, 0.05) is 46.8 Å². The van der Waals surface area contributed by atoms with Crippen molar-refractivity contribution in [1.29, 1.82) is 0 Å². The molecule has 4 aromatic carbocycles. The highest BCUT2D eigenvalue weighted by atomic mass is 79.9. The van der Waals surface area contributed by atoms with Crippen molar-refractivity contribution in [3.63, 3.8) is 0 Å². The summed E-state index contributed by atoms with van der Waals surface area (Å²) in [5, 5.41) is 28.9. The van der Waals surface area contributed by atoms with Gasteiger partial charge in [0.15, 0.2) is 5.78 Å². The second kappa shape index (κ2) is 18.7. The molecule has 4 aromatic rings. The molecule has 0 saturated carbocycles. The molecule has 4 rings (SSSR count). The number of likely N-dealkylation sites (N-methyl/N-ethyl adjacent to an activating group) is 2. The molecule has 0 spiro atoms. The van der Waals surface area contributed by atoms with Gasteiger partial charge in [-0.15, -0.1) is 0 Å². The number of aliphatic hydroxyl groups is 3. The van der Waals surface area contributed by atoms with E-state index >= 15 is 0 Å². The lowest BCUT2D eigenvalue weighted by molar-refractivity contribution is 0.0762. The molecule has 1 amide bonds. The van der Waals surface area contributed by atoms with Crippen LogP contribution in [0.1, 0.15) is 49.1 Å². The number of amides is 1. The number of ether oxygens (including phenoxy) is 2. The van der Waals surface area contributed by atoms with Gasteiger partial charge in [0.05, 0.1) is 33.0 Å². The van der Waals surface area contributed by atoms with E-state index in [0.29, 0.717) is 34.4 Å². The molecule has 0 aromatic heterocycles. The molecule has 47 heavy (non-hydrogen) atoms. The molecule has 0 fully saturated rings. The molecule has 0 heterocycles. The number of methoxy groups -OCH3 is 2. The Kier molecular flexibility index (Phi) is 15.1. The Morgan fingerprint density at radius 3 is 2.04 bits per heavy atom. The van der Waals surface area contributed by atoms with E-state index in [1.807, 2.05) is 54.4 Å². The topological polar surface area (TPSA) is 120 Å². The molecule has 1 atom stereocenters. The van der Waals surface area contributed by atoms with E-state index in [1.54, 1.807) is 56.6 Å². The van der Waals surface area contributed by atoms with Gasteiger partial charge in [0.25, 0.3) is 5.91 Å². The van der Waals surface area contributed by atoms with Crippen molar-refractivity contribution in [3.05, 3.63) is 127 Å². The Morgan fingerprint density at radius 2 is 1.38 bits per heavy atom. The molecule has 0 bridgehead atoms. The van der Waals surface area contributed by atoms with Crippen LogP contribution >= 0.6 is 31.9 Å². The first-order valence-electron chi connectivity index (χ1n) is 14.8. The van der Waals surface area contributed by atoms with Crippen LogP contribution in [0.3, 0.4) is 0 Å². The molecule has 3 N–H and O–H groups in total. The number of ketones is 1. The Hall–Kier alpha value is -3.58. The van der Waals surface area contributed by atoms with Gasteiger partial charge < -0.3 is 29.7 Å². The summed E-state index contributed by atoms with van der Waals surface area (Å²) in [4.78, 5) is 28.8. The minimum atomic E-state index is -0.726. The van der Waals surface area contributed by atoms with Crippen molar-refractivity contribution in [2.45, 2.75) is 12.6 Å². The fourth-order valence-electron chi connectivity index (χ4n) is 4.78. The summed E-state index contributed by atoms with van der Waals surface area (Å²) >= 11 is 6.81. The Bertz CT molecular complexity index is 1650. The molecule has 0 aliphatic heterocycles. The normalized spacial score (nSPS) is 11.4. The number of hydrogen-bond acceptors (Lipinski definition) is 8. The van der Waals surface area contributed by atoms with Crippen molar-refractivity contribution in [2.75, 3.05) is 54.6 Å². The average Bonchev–Trinajstić information content (AvgIpc) is 3.08. The van der Waals surface area contributed by atoms with Crippen molar-refractivity contribution >= 4 is 43.6 Å². The standard InChI is InChI=1S/C18H18BrNO4.C18H22BrNO3/c1-20(8-9-21)18(23)16-11-13(19)6-7-15(16)17(22)12-4-3-5-14(10-12)24-2;1-20(8-9-21)12-14-10-15(19)6-7-17(14)18(22)13-4-3-5-16(11-13)23-2/h3-7,10-11,21H,8-9H2,1-2H3;3-7,10-11,18,21-22H,8-9,12H2,1-2H3. The van der Waals surface area contributed by atoms with E-state index in [-0.39, 0.29) is 37.0 Å². The quantitative estimate of drug-likeness (QED) is 0.148. The zero-order valence-corrected chi connectivity index (χ0v) is 30.0. The van der Waals surface area contributed by atoms with Crippen LogP contribution in [-0.2, 0) is 6.54 Å². The number of rotatable bonds is 13. The Labute approximate surface area is 292 Å². The average molecular weight is 773 g/mol. The lowest BCUT2D eigenvalue weighted by Crippen LogP contribution is -2.30. The first-order valence-corrected chi connectivity index (χ1v) is 16.4. The third kappa shape index (κ3) is 10.7. The number of nitrogens with zero attached hydrogens (tertiary/aromatic N) is 2. The smallest absolute Gasteiger partial charge is 0.254 e. The molecule has 0 radical (unpaired) electrons. The molecular formula is C36H40Br2N2O7. The molecule has 0 aliphatic carbocycles. The zero-order chi connectivity index (χ0) is 34.5. The van der Waals surface area contributed by atoms with Crippen LogP contribution in [0.25, 0.3) is 0 Å². The van der Waals surface area contributed by atoms with Crippen molar-refractivity contribution in [1.82, 2.24) is 9.80 Å². The van der Waals surface area contributed by atoms with Crippen molar-refractivity contribution in [3.8, 4) is 11.5 Å². The van der Waals surface area contributed by atoms with Gasteiger partial charge in [-0.05, 0) is 78.3 Å². The second-order valence-corrected chi connectivity index (χ2v) is 12.5. The van der Waals surface area contributed by atoms with Crippen LogP contribution in [0, 0.1) is 0 Å². The predicted molar refractivity (Wildman–Crippen MR) is 189 cm³/mol. The molecular weight excluding hydrogens is 732 g/mol. The minimum Gasteiger partial charge on any atom is -0.497 e. The van der Waals surface area contributed by atoms with E-state index in [2.05, 4.69) is 31.9 Å². The van der Waals surface area contributed by atoms with Gasteiger partial charge in [-0.25, -0.2) is 0 Å². The van der Waals surface area contributed by atoms with Gasteiger partial charge >= 0.3 is 0 Å². The maximum absolute atomic E-state index is 12.8. The summed E-state index contributed by atoms with van der Waals surface area (Å²) in [5.74, 6) is 0.708. The molecule has 0 aliphatic rings. The number of halogens is 2. The lowest BCUT2D eigenvalue weighted by atomic mass is 9.96. The van der Waals surface area contributed by atoms with Gasteiger partial charge in [-0.1, -0.05) is 62.2 Å². The summed E-state index contributed by atoms with van der Waals surface area (Å²) in [5.41, 5.74) is 3.69. The second-order valence-electron chi connectivity index (χ2n) is 10.7. The summed E-state index contributed by atoms with van der Waals surface area (Å²) in [6.07, 6.45) is -0.726. The Morgan fingerprint density at radius 1 is 0.766 bits per heavy atom. The summed E-state index contributed by atoms with van der Waals surface area (Å²) in [6, 6.07) is 25.0. The summed E-state index contributed by atoms with van der Waals surface area (Å²) in [6.45, 7) is 1.39. The Balaban J connectivity index is 0.000000256. The first-order chi connectivity index (χ1) is 22.5. The highest BCUT2D eigenvalue weighted by Crippen LogP contribution is 2.30. The molecule has 9 nitrogen and oxygen atoms in total. The van der Waals surface area contributed by atoms with Crippen LogP contribution in [0.4, 0.5) is 0 Å². The van der Waals surface area contributed by atoms with Crippen LogP contribution in [0.5, 0.6) is 11.5 Å². The fraction of sp³-hybridized carbons (Fsp3) is 0.278. The molecule has 1 unspecified atom stereocenters. The van der Waals surface area contributed by atoms with E-state index < -0.39 is 6.10 Å². The highest BCUT2D eigenvalue weighted by molar-refractivity contribution is 9.10. The maximum atomic E-state index is 12.8.